The van der Waals surface area contributed by atoms with Gasteiger partial charge in [-0.25, -0.2) is 5.84 Å². The number of nitrogens with zero attached hydrogens (tertiary/aromatic N) is 2. The molecule has 7 nitrogen and oxygen atoms in total. The van der Waals surface area contributed by atoms with E-state index in [1.54, 1.807) is 6.26 Å². The van der Waals surface area contributed by atoms with Gasteiger partial charge in [0.15, 0.2) is 0 Å². The zero-order chi connectivity index (χ0) is 11.6. The molecule has 1 amide bonds. The van der Waals surface area contributed by atoms with Crippen LogP contribution in [-0.2, 0) is 0 Å². The van der Waals surface area contributed by atoms with Crippen molar-refractivity contribution in [2.24, 2.45) is 11.6 Å². The molecule has 15 heavy (non-hydrogen) atoms. The molecule has 0 aromatic carbocycles. The monoisotopic (exact) mass is 246 g/mol. The number of carbonyl (C=O) groups is 1. The van der Waals surface area contributed by atoms with Crippen molar-refractivity contribution in [2.45, 2.75) is 5.03 Å². The zero-order valence-electron chi connectivity index (χ0n) is 7.85. The van der Waals surface area contributed by atoms with Crippen molar-refractivity contribution in [3.05, 3.63) is 5.56 Å². The van der Waals surface area contributed by atoms with Gasteiger partial charge >= 0.3 is 0 Å². The number of nitrogens with one attached hydrogen (secondary N) is 1. The van der Waals surface area contributed by atoms with Gasteiger partial charge < -0.3 is 11.5 Å². The first kappa shape index (κ1) is 11.8. The molecule has 0 bridgehead atoms. The summed E-state index contributed by atoms with van der Waals surface area (Å²) in [6.45, 7) is 0. The molecule has 1 rings (SSSR count). The van der Waals surface area contributed by atoms with Crippen molar-refractivity contribution in [1.29, 1.82) is 0 Å². The Morgan fingerprint density at radius 3 is 2.60 bits per heavy atom. The molecule has 0 spiro atoms. The maximum atomic E-state index is 11.1. The molecule has 0 aliphatic heterocycles. The summed E-state index contributed by atoms with van der Waals surface area (Å²) in [6, 6.07) is 0. The van der Waals surface area contributed by atoms with Gasteiger partial charge in [0, 0.05) is 0 Å². The van der Waals surface area contributed by atoms with Crippen LogP contribution in [0.4, 0.5) is 5.82 Å². The maximum absolute atomic E-state index is 11.1. The Kier molecular flexibility index (Phi) is 3.50. The predicted molar refractivity (Wildman–Crippen MR) is 62.3 cm³/mol. The van der Waals surface area contributed by atoms with E-state index in [4.69, 9.17) is 29.5 Å². The second kappa shape index (κ2) is 4.47. The molecule has 7 N–H and O–H groups in total. The number of primary amides is 1. The summed E-state index contributed by atoms with van der Waals surface area (Å²) < 4.78 is 1.15. The molecule has 82 valence electrons. The Balaban J connectivity index is 3.34. The average molecular weight is 246 g/mol. The average Bonchev–Trinajstić information content (AvgIpc) is 2.54. The molecule has 0 aliphatic rings. The Morgan fingerprint density at radius 1 is 1.67 bits per heavy atom. The molecule has 1 aromatic rings. The van der Waals surface area contributed by atoms with Gasteiger partial charge in [-0.15, -0.1) is 11.8 Å². The summed E-state index contributed by atoms with van der Waals surface area (Å²) in [6.07, 6.45) is 1.75. The van der Waals surface area contributed by atoms with E-state index in [-0.39, 0.29) is 16.5 Å². The minimum Gasteiger partial charge on any atom is -0.383 e. The van der Waals surface area contributed by atoms with E-state index in [1.165, 1.54) is 11.8 Å². The van der Waals surface area contributed by atoms with Crippen molar-refractivity contribution >= 4 is 40.8 Å². The molecule has 0 fully saturated rings. The van der Waals surface area contributed by atoms with Crippen LogP contribution in [0, 0.1) is 0 Å². The third kappa shape index (κ3) is 2.03. The van der Waals surface area contributed by atoms with E-state index in [1.807, 2.05) is 0 Å². The topological polar surface area (TPSA) is 125 Å². The van der Waals surface area contributed by atoms with Gasteiger partial charge in [-0.1, -0.05) is 0 Å². The second-order valence-electron chi connectivity index (χ2n) is 2.50. The van der Waals surface area contributed by atoms with Gasteiger partial charge in [-0.05, 0) is 18.5 Å². The van der Waals surface area contributed by atoms with Crippen LogP contribution < -0.4 is 22.7 Å². The number of rotatable bonds is 2. The summed E-state index contributed by atoms with van der Waals surface area (Å²) in [4.78, 5) is 11.1. The highest BCUT2D eigenvalue weighted by molar-refractivity contribution is 7.98. The van der Waals surface area contributed by atoms with Gasteiger partial charge in [0.05, 0.1) is 0 Å². The van der Waals surface area contributed by atoms with Crippen LogP contribution in [0.2, 0.25) is 0 Å². The molecule has 9 heteroatoms. The number of hydrogen-bond acceptors (Lipinski definition) is 6. The van der Waals surface area contributed by atoms with Crippen molar-refractivity contribution in [3.8, 4) is 0 Å². The number of aromatic nitrogens is 2. The van der Waals surface area contributed by atoms with Crippen molar-refractivity contribution in [1.82, 2.24) is 15.2 Å². The lowest BCUT2D eigenvalue weighted by molar-refractivity contribution is 0.0998. The number of anilines is 1. The van der Waals surface area contributed by atoms with Crippen molar-refractivity contribution in [3.63, 3.8) is 0 Å². The Labute approximate surface area is 95.3 Å². The number of nitrogens with two attached hydrogens (primary N) is 3. The highest BCUT2D eigenvalue weighted by Crippen LogP contribution is 2.23. The summed E-state index contributed by atoms with van der Waals surface area (Å²) >= 11 is 6.09. The van der Waals surface area contributed by atoms with Crippen LogP contribution in [0.5, 0.6) is 0 Å². The first-order valence-corrected chi connectivity index (χ1v) is 5.39. The smallest absolute Gasteiger partial charge is 0.255 e. The quantitative estimate of drug-likeness (QED) is 0.225. The summed E-state index contributed by atoms with van der Waals surface area (Å²) in [5, 5.41) is 4.50. The predicted octanol–water partition coefficient (Wildman–Crippen LogP) is -1.12. The van der Waals surface area contributed by atoms with Gasteiger partial charge in [0.1, 0.15) is 16.4 Å². The van der Waals surface area contributed by atoms with Crippen LogP contribution in [0.3, 0.4) is 0 Å². The second-order valence-corrected chi connectivity index (χ2v) is 3.68. The largest absolute Gasteiger partial charge is 0.383 e. The number of hydrazine groups is 1. The molecular formula is C6H10N6OS2. The van der Waals surface area contributed by atoms with Crippen molar-refractivity contribution < 1.29 is 4.79 Å². The molecule has 1 aromatic heterocycles. The van der Waals surface area contributed by atoms with Crippen LogP contribution in [0.25, 0.3) is 0 Å². The molecule has 0 saturated carbocycles. The molecular weight excluding hydrogens is 236 g/mol. The standard InChI is InChI=1S/C6H10N6OS2/c1-15-5-2(4(8)13)3(7)12(11-5)6(14)10-9/h7,9H2,1H3,(H2,8,13)(H,10,14). The van der Waals surface area contributed by atoms with E-state index >= 15 is 0 Å². The van der Waals surface area contributed by atoms with Crippen LogP contribution >= 0.6 is 24.0 Å². The molecule has 1 heterocycles. The number of nitrogen functional groups attached to an aromatic ring is 1. The fourth-order valence-electron chi connectivity index (χ4n) is 1.00. The van der Waals surface area contributed by atoms with E-state index in [0.29, 0.717) is 5.03 Å². The fraction of sp³-hybridized carbons (Fsp3) is 0.167. The minimum atomic E-state index is -0.650. The van der Waals surface area contributed by atoms with E-state index in [9.17, 15) is 4.79 Å². The normalized spacial score (nSPS) is 10.0. The van der Waals surface area contributed by atoms with Gasteiger partial charge in [0.25, 0.3) is 5.91 Å². The Morgan fingerprint density at radius 2 is 2.27 bits per heavy atom. The van der Waals surface area contributed by atoms with E-state index in [2.05, 4.69) is 10.5 Å². The van der Waals surface area contributed by atoms with Gasteiger partial charge in [-0.2, -0.15) is 9.78 Å². The maximum Gasteiger partial charge on any atom is 0.255 e. The number of carbonyl (C=O) groups excluding carboxylic acids is 1. The summed E-state index contributed by atoms with van der Waals surface area (Å²) in [7, 11) is 0. The lowest BCUT2D eigenvalue weighted by Gasteiger charge is -2.03. The molecule has 0 unspecified atom stereocenters. The minimum absolute atomic E-state index is 0.0785. The SMILES string of the molecule is CSc1nn(C(=S)NN)c(N)c1C(N)=O. The van der Waals surface area contributed by atoms with Gasteiger partial charge in [-0.3, -0.25) is 10.2 Å². The molecule has 0 radical (unpaired) electrons. The van der Waals surface area contributed by atoms with Crippen molar-refractivity contribution in [2.75, 3.05) is 12.0 Å². The number of thioether (sulfide) groups is 1. The Bertz CT molecular complexity index is 414. The molecule has 0 saturated heterocycles. The van der Waals surface area contributed by atoms with Crippen LogP contribution in [0.15, 0.2) is 5.03 Å². The number of hydrogen-bond donors (Lipinski definition) is 4. The lowest BCUT2D eigenvalue weighted by atomic mass is 10.3. The summed E-state index contributed by atoms with van der Waals surface area (Å²) in [5.41, 5.74) is 13.2. The first-order chi connectivity index (χ1) is 7.02. The van der Waals surface area contributed by atoms with E-state index in [0.717, 1.165) is 4.68 Å². The highest BCUT2D eigenvalue weighted by atomic mass is 32.2. The first-order valence-electron chi connectivity index (χ1n) is 3.76. The third-order valence-corrected chi connectivity index (χ3v) is 2.61. The summed E-state index contributed by atoms with van der Waals surface area (Å²) in [5.74, 6) is 4.55. The third-order valence-electron chi connectivity index (χ3n) is 1.64. The van der Waals surface area contributed by atoms with Crippen LogP contribution in [0.1, 0.15) is 10.4 Å². The molecule has 0 aliphatic carbocycles. The highest BCUT2D eigenvalue weighted by Gasteiger charge is 2.20. The Hall–Kier alpha value is -1.32. The van der Waals surface area contributed by atoms with Gasteiger partial charge in [0.2, 0.25) is 5.11 Å². The van der Waals surface area contributed by atoms with Crippen LogP contribution in [-0.4, -0.2) is 27.1 Å². The lowest BCUT2D eigenvalue weighted by Crippen LogP contribution is -2.35. The number of amides is 1. The zero-order valence-corrected chi connectivity index (χ0v) is 9.48. The number of thiocarbonyl (C=S) groups is 1. The van der Waals surface area contributed by atoms with E-state index < -0.39 is 5.91 Å². The fourth-order valence-corrected chi connectivity index (χ4v) is 1.71. The molecule has 0 atom stereocenters.